The molecule has 152 valence electrons. The number of esters is 1. The molecule has 0 spiro atoms. The fourth-order valence-electron chi connectivity index (χ4n) is 2.38. The summed E-state index contributed by atoms with van der Waals surface area (Å²) in [5.41, 5.74) is 1.51. The highest BCUT2D eigenvalue weighted by Crippen LogP contribution is 2.23. The Balaban J connectivity index is 1.71. The first-order valence-electron chi connectivity index (χ1n) is 8.88. The monoisotopic (exact) mass is 398 g/mol. The zero-order valence-corrected chi connectivity index (χ0v) is 16.2. The van der Waals surface area contributed by atoms with Gasteiger partial charge in [0.05, 0.1) is 19.2 Å². The number of amides is 2. The first-order valence-corrected chi connectivity index (χ1v) is 8.88. The van der Waals surface area contributed by atoms with Crippen LogP contribution in [0.3, 0.4) is 0 Å². The van der Waals surface area contributed by atoms with Crippen LogP contribution in [0.2, 0.25) is 0 Å². The molecule has 2 amide bonds. The van der Waals surface area contributed by atoms with Crippen LogP contribution in [0.25, 0.3) is 0 Å². The number of rotatable bonds is 9. The Morgan fingerprint density at radius 2 is 1.55 bits per heavy atom. The molecule has 0 heterocycles. The van der Waals surface area contributed by atoms with Crippen molar-refractivity contribution >= 4 is 34.9 Å². The van der Waals surface area contributed by atoms with Gasteiger partial charge >= 0.3 is 5.97 Å². The number of anilines is 2. The molecule has 0 saturated heterocycles. The van der Waals surface area contributed by atoms with Gasteiger partial charge in [-0.25, -0.2) is 0 Å². The Morgan fingerprint density at radius 3 is 2.21 bits per heavy atom. The topological polar surface area (TPSA) is 111 Å². The highest BCUT2D eigenvalue weighted by atomic mass is 16.5. The largest absolute Gasteiger partial charge is 0.495 e. The van der Waals surface area contributed by atoms with Gasteiger partial charge in [0.2, 0.25) is 5.91 Å². The molecule has 0 fully saturated rings. The molecule has 0 radical (unpaired) electrons. The van der Waals surface area contributed by atoms with Crippen LogP contribution in [-0.4, -0.2) is 37.3 Å². The molecule has 0 unspecified atom stereocenters. The van der Waals surface area contributed by atoms with Gasteiger partial charge < -0.3 is 20.1 Å². The average molecular weight is 398 g/mol. The van der Waals surface area contributed by atoms with Crippen molar-refractivity contribution in [2.75, 3.05) is 24.4 Å². The molecule has 8 heteroatoms. The Bertz CT molecular complexity index is 892. The second-order valence-electron chi connectivity index (χ2n) is 6.09. The number of hydrogen-bond donors (Lipinski definition) is 2. The van der Waals surface area contributed by atoms with Crippen molar-refractivity contribution in [3.8, 4) is 5.75 Å². The van der Waals surface area contributed by atoms with Crippen molar-refractivity contribution in [3.63, 3.8) is 0 Å². The summed E-state index contributed by atoms with van der Waals surface area (Å²) in [6.07, 6.45) is -0.257. The zero-order chi connectivity index (χ0) is 21.2. The first-order chi connectivity index (χ1) is 13.9. The molecule has 2 rings (SSSR count). The Labute approximate surface area is 168 Å². The number of nitrogens with one attached hydrogen (secondary N) is 2. The predicted octanol–water partition coefficient (Wildman–Crippen LogP) is 2.80. The van der Waals surface area contributed by atoms with E-state index < -0.39 is 18.5 Å². The van der Waals surface area contributed by atoms with Crippen LogP contribution in [0.5, 0.6) is 5.75 Å². The Morgan fingerprint density at radius 1 is 0.862 bits per heavy atom. The van der Waals surface area contributed by atoms with Crippen molar-refractivity contribution in [2.24, 2.45) is 0 Å². The number of Topliss-reactive ketones (excluding diaryl/α,β-unsaturated/α-hetero) is 1. The minimum atomic E-state index is -0.665. The van der Waals surface area contributed by atoms with E-state index in [1.807, 2.05) is 0 Å². The molecule has 0 aliphatic carbocycles. The van der Waals surface area contributed by atoms with E-state index in [4.69, 9.17) is 9.47 Å². The fourth-order valence-corrected chi connectivity index (χ4v) is 2.38. The first kappa shape index (κ1) is 21.6. The number of ether oxygens (including phenoxy) is 2. The zero-order valence-electron chi connectivity index (χ0n) is 16.2. The Hall–Kier alpha value is -3.68. The highest BCUT2D eigenvalue weighted by molar-refractivity contribution is 5.96. The molecule has 0 aliphatic heterocycles. The molecular formula is C21H22N2O6. The third-order valence-corrected chi connectivity index (χ3v) is 3.88. The summed E-state index contributed by atoms with van der Waals surface area (Å²) >= 11 is 0. The number of hydrogen-bond acceptors (Lipinski definition) is 6. The standard InChI is InChI=1S/C21H22N2O6/c1-14(24)15-7-9-16(10-8-15)22-20(26)13-29-21(27)12-11-19(25)23-17-5-3-4-6-18(17)28-2/h3-10H,11-13H2,1-2H3,(H,22,26)(H,23,25). The SMILES string of the molecule is COc1ccccc1NC(=O)CCC(=O)OCC(=O)Nc1ccc(C(C)=O)cc1. The number of para-hydroxylation sites is 2. The lowest BCUT2D eigenvalue weighted by molar-refractivity contribution is -0.147. The number of carbonyl (C=O) groups excluding carboxylic acids is 4. The minimum Gasteiger partial charge on any atom is -0.495 e. The van der Waals surface area contributed by atoms with Crippen LogP contribution in [0, 0.1) is 0 Å². The van der Waals surface area contributed by atoms with E-state index in [0.29, 0.717) is 22.7 Å². The van der Waals surface area contributed by atoms with Crippen molar-refractivity contribution in [3.05, 3.63) is 54.1 Å². The summed E-state index contributed by atoms with van der Waals surface area (Å²) in [4.78, 5) is 46.8. The van der Waals surface area contributed by atoms with E-state index >= 15 is 0 Å². The smallest absolute Gasteiger partial charge is 0.306 e. The van der Waals surface area contributed by atoms with Crippen molar-refractivity contribution in [1.29, 1.82) is 0 Å². The molecule has 0 aliphatic rings. The highest BCUT2D eigenvalue weighted by Gasteiger charge is 2.12. The predicted molar refractivity (Wildman–Crippen MR) is 107 cm³/mol. The quantitative estimate of drug-likeness (QED) is 0.496. The maximum atomic E-state index is 12.0. The molecule has 0 saturated carbocycles. The van der Waals surface area contributed by atoms with Crippen LogP contribution in [0.4, 0.5) is 11.4 Å². The van der Waals surface area contributed by atoms with E-state index in [1.54, 1.807) is 48.5 Å². The minimum absolute atomic E-state index is 0.0773. The normalized spacial score (nSPS) is 10.0. The lowest BCUT2D eigenvalue weighted by Gasteiger charge is -2.10. The van der Waals surface area contributed by atoms with Gasteiger partial charge in [0.25, 0.3) is 5.91 Å². The Kier molecular flexibility index (Phi) is 7.90. The summed E-state index contributed by atoms with van der Waals surface area (Å²) in [6.45, 7) is 0.977. The van der Waals surface area contributed by atoms with Gasteiger partial charge in [0, 0.05) is 17.7 Å². The number of benzene rings is 2. The van der Waals surface area contributed by atoms with Gasteiger partial charge in [-0.15, -0.1) is 0 Å². The second-order valence-corrected chi connectivity index (χ2v) is 6.09. The average Bonchev–Trinajstić information content (AvgIpc) is 2.71. The van der Waals surface area contributed by atoms with Crippen molar-refractivity contribution in [2.45, 2.75) is 19.8 Å². The molecule has 0 bridgehead atoms. The molecule has 0 atom stereocenters. The van der Waals surface area contributed by atoms with E-state index in [2.05, 4.69) is 10.6 Å². The lowest BCUT2D eigenvalue weighted by atomic mass is 10.1. The van der Waals surface area contributed by atoms with E-state index in [0.717, 1.165) is 0 Å². The molecule has 2 N–H and O–H groups in total. The van der Waals surface area contributed by atoms with Crippen molar-refractivity contribution in [1.82, 2.24) is 0 Å². The van der Waals surface area contributed by atoms with E-state index in [1.165, 1.54) is 14.0 Å². The third-order valence-electron chi connectivity index (χ3n) is 3.88. The fraction of sp³-hybridized carbons (Fsp3) is 0.238. The number of carbonyl (C=O) groups is 4. The summed E-state index contributed by atoms with van der Waals surface area (Å²) in [5.74, 6) is -1.13. The van der Waals surface area contributed by atoms with Crippen molar-refractivity contribution < 1.29 is 28.7 Å². The summed E-state index contributed by atoms with van der Waals surface area (Å²) in [7, 11) is 1.49. The maximum absolute atomic E-state index is 12.0. The van der Waals surface area contributed by atoms with E-state index in [9.17, 15) is 19.2 Å². The third kappa shape index (κ3) is 7.10. The lowest BCUT2D eigenvalue weighted by Crippen LogP contribution is -2.21. The summed E-state index contributed by atoms with van der Waals surface area (Å²) in [6, 6.07) is 13.2. The second kappa shape index (κ2) is 10.6. The number of ketones is 1. The number of methoxy groups -OCH3 is 1. The van der Waals surface area contributed by atoms with Gasteiger partial charge in [-0.1, -0.05) is 12.1 Å². The van der Waals surface area contributed by atoms with Crippen LogP contribution in [-0.2, 0) is 19.1 Å². The van der Waals surface area contributed by atoms with Gasteiger partial charge in [-0.2, -0.15) is 0 Å². The van der Waals surface area contributed by atoms with Gasteiger partial charge in [0.15, 0.2) is 12.4 Å². The molecule has 2 aromatic rings. The van der Waals surface area contributed by atoms with E-state index in [-0.39, 0.29) is 24.5 Å². The summed E-state index contributed by atoms with van der Waals surface area (Å²) < 4.78 is 10.0. The van der Waals surface area contributed by atoms with Gasteiger partial charge in [-0.05, 0) is 43.3 Å². The molecule has 0 aromatic heterocycles. The van der Waals surface area contributed by atoms with Gasteiger partial charge in [-0.3, -0.25) is 19.2 Å². The van der Waals surface area contributed by atoms with Crippen LogP contribution in [0.15, 0.2) is 48.5 Å². The maximum Gasteiger partial charge on any atom is 0.306 e. The van der Waals surface area contributed by atoms with Gasteiger partial charge in [0.1, 0.15) is 5.75 Å². The van der Waals surface area contributed by atoms with Crippen LogP contribution < -0.4 is 15.4 Å². The molecule has 8 nitrogen and oxygen atoms in total. The van der Waals surface area contributed by atoms with Crippen LogP contribution >= 0.6 is 0 Å². The molecule has 2 aromatic carbocycles. The summed E-state index contributed by atoms with van der Waals surface area (Å²) in [5, 5.41) is 5.20. The van der Waals surface area contributed by atoms with Crippen LogP contribution in [0.1, 0.15) is 30.1 Å². The molecule has 29 heavy (non-hydrogen) atoms. The molecular weight excluding hydrogens is 376 g/mol.